The Kier molecular flexibility index (Phi) is 7.42. The van der Waals surface area contributed by atoms with Gasteiger partial charge in [-0.3, -0.25) is 9.79 Å². The van der Waals surface area contributed by atoms with Crippen LogP contribution in [0.3, 0.4) is 0 Å². The van der Waals surface area contributed by atoms with E-state index in [9.17, 15) is 4.79 Å². The molecule has 2 aliphatic heterocycles. The molecule has 1 aliphatic carbocycles. The number of benzene rings is 1. The number of hydrogen-bond acceptors (Lipinski definition) is 4. The van der Waals surface area contributed by atoms with E-state index in [-0.39, 0.29) is 5.92 Å². The number of fused-ring (bicyclic) bond motifs is 1. The summed E-state index contributed by atoms with van der Waals surface area (Å²) in [7, 11) is 1.82. The first kappa shape index (κ1) is 21.3. The summed E-state index contributed by atoms with van der Waals surface area (Å²) in [6.07, 6.45) is 6.00. The summed E-state index contributed by atoms with van der Waals surface area (Å²) in [6, 6.07) is 6.91. The van der Waals surface area contributed by atoms with Crippen LogP contribution in [0.1, 0.15) is 36.8 Å². The number of nitrogens with one attached hydrogen (secondary N) is 2. The highest BCUT2D eigenvalue weighted by Crippen LogP contribution is 2.27. The summed E-state index contributed by atoms with van der Waals surface area (Å²) in [5, 5.41) is 7.01. The van der Waals surface area contributed by atoms with Gasteiger partial charge in [0.1, 0.15) is 5.75 Å². The van der Waals surface area contributed by atoms with E-state index < -0.39 is 0 Å². The van der Waals surface area contributed by atoms with Crippen LogP contribution >= 0.6 is 11.8 Å². The number of amides is 1. The van der Waals surface area contributed by atoms with Crippen LogP contribution in [0.15, 0.2) is 23.2 Å². The predicted molar refractivity (Wildman–Crippen MR) is 123 cm³/mol. The molecule has 0 spiro atoms. The molecule has 1 amide bonds. The van der Waals surface area contributed by atoms with Gasteiger partial charge in [0, 0.05) is 56.6 Å². The minimum Gasteiger partial charge on any atom is -0.493 e. The largest absolute Gasteiger partial charge is 0.493 e. The SMILES string of the molecule is CN=C(NCCc1ccc2c(c1)CCO2)NC1CCC(C(=O)N2CCSCC2)CC1. The maximum absolute atomic E-state index is 12.7. The first-order valence-electron chi connectivity index (χ1n) is 11.3. The summed E-state index contributed by atoms with van der Waals surface area (Å²) < 4.78 is 5.59. The Morgan fingerprint density at radius 2 is 2.03 bits per heavy atom. The van der Waals surface area contributed by atoms with E-state index in [1.54, 1.807) is 0 Å². The molecule has 2 fully saturated rings. The van der Waals surface area contributed by atoms with Crippen molar-refractivity contribution in [3.05, 3.63) is 29.3 Å². The Bertz CT molecular complexity index is 756. The average molecular weight is 431 g/mol. The van der Waals surface area contributed by atoms with E-state index in [0.29, 0.717) is 11.9 Å². The molecule has 164 valence electrons. The van der Waals surface area contributed by atoms with Crippen molar-refractivity contribution in [2.75, 3.05) is 44.8 Å². The second-order valence-electron chi connectivity index (χ2n) is 8.42. The van der Waals surface area contributed by atoms with Crippen LogP contribution in [0.25, 0.3) is 0 Å². The first-order chi connectivity index (χ1) is 14.7. The molecular formula is C23H34N4O2S. The highest BCUT2D eigenvalue weighted by atomic mass is 32.2. The summed E-state index contributed by atoms with van der Waals surface area (Å²) >= 11 is 1.95. The zero-order chi connectivity index (χ0) is 20.8. The van der Waals surface area contributed by atoms with Crippen molar-refractivity contribution in [3.8, 4) is 5.75 Å². The normalized spacial score (nSPS) is 24.2. The predicted octanol–water partition coefficient (Wildman–Crippen LogP) is 2.46. The van der Waals surface area contributed by atoms with Gasteiger partial charge < -0.3 is 20.3 Å². The van der Waals surface area contributed by atoms with Gasteiger partial charge >= 0.3 is 0 Å². The summed E-state index contributed by atoms with van der Waals surface area (Å²) in [5.41, 5.74) is 2.65. The van der Waals surface area contributed by atoms with Crippen molar-refractivity contribution in [1.82, 2.24) is 15.5 Å². The third kappa shape index (κ3) is 5.42. The van der Waals surface area contributed by atoms with Gasteiger partial charge in [0.15, 0.2) is 5.96 Å². The van der Waals surface area contributed by atoms with E-state index in [2.05, 4.69) is 38.7 Å². The Hall–Kier alpha value is -1.89. The molecule has 0 atom stereocenters. The van der Waals surface area contributed by atoms with Gasteiger partial charge in [0.2, 0.25) is 5.91 Å². The molecule has 4 rings (SSSR count). The number of ether oxygens (including phenoxy) is 1. The van der Waals surface area contributed by atoms with Gasteiger partial charge in [-0.15, -0.1) is 0 Å². The molecule has 2 N–H and O–H groups in total. The van der Waals surface area contributed by atoms with E-state index >= 15 is 0 Å². The highest BCUT2D eigenvalue weighted by molar-refractivity contribution is 7.99. The second kappa shape index (κ2) is 10.4. The van der Waals surface area contributed by atoms with Gasteiger partial charge in [-0.2, -0.15) is 11.8 Å². The molecule has 6 nitrogen and oxygen atoms in total. The maximum Gasteiger partial charge on any atom is 0.225 e. The zero-order valence-electron chi connectivity index (χ0n) is 18.0. The van der Waals surface area contributed by atoms with Crippen molar-refractivity contribution in [1.29, 1.82) is 0 Å². The van der Waals surface area contributed by atoms with E-state index in [1.807, 2.05) is 18.8 Å². The topological polar surface area (TPSA) is 66.0 Å². The van der Waals surface area contributed by atoms with Crippen molar-refractivity contribution >= 4 is 23.6 Å². The lowest BCUT2D eigenvalue weighted by Gasteiger charge is -2.34. The van der Waals surface area contributed by atoms with Gasteiger partial charge in [0.25, 0.3) is 0 Å². The Morgan fingerprint density at radius 1 is 1.23 bits per heavy atom. The molecular weight excluding hydrogens is 396 g/mol. The number of aliphatic imine (C=N–C) groups is 1. The smallest absolute Gasteiger partial charge is 0.225 e. The van der Waals surface area contributed by atoms with Crippen LogP contribution in [0.4, 0.5) is 0 Å². The molecule has 0 radical (unpaired) electrons. The first-order valence-corrected chi connectivity index (χ1v) is 12.5. The molecule has 2 heterocycles. The molecule has 1 aromatic carbocycles. The molecule has 1 saturated carbocycles. The lowest BCUT2D eigenvalue weighted by atomic mass is 9.85. The highest BCUT2D eigenvalue weighted by Gasteiger charge is 2.30. The minimum absolute atomic E-state index is 0.213. The molecule has 3 aliphatic rings. The van der Waals surface area contributed by atoms with Gasteiger partial charge in [-0.1, -0.05) is 12.1 Å². The van der Waals surface area contributed by atoms with Gasteiger partial charge in [-0.05, 0) is 49.3 Å². The lowest BCUT2D eigenvalue weighted by molar-refractivity contribution is -0.136. The monoisotopic (exact) mass is 430 g/mol. The Balaban J connectivity index is 1.18. The van der Waals surface area contributed by atoms with E-state index in [4.69, 9.17) is 4.74 Å². The molecule has 30 heavy (non-hydrogen) atoms. The van der Waals surface area contributed by atoms with Crippen LogP contribution in [0.5, 0.6) is 5.75 Å². The molecule has 1 aromatic rings. The number of hydrogen-bond donors (Lipinski definition) is 2. The minimum atomic E-state index is 0.213. The van der Waals surface area contributed by atoms with Gasteiger partial charge in [-0.25, -0.2) is 0 Å². The van der Waals surface area contributed by atoms with Crippen LogP contribution in [-0.4, -0.2) is 67.6 Å². The maximum atomic E-state index is 12.7. The Morgan fingerprint density at radius 3 is 2.80 bits per heavy atom. The van der Waals surface area contributed by atoms with E-state index in [1.165, 1.54) is 11.1 Å². The summed E-state index contributed by atoms with van der Waals surface area (Å²) in [6.45, 7) is 3.50. The van der Waals surface area contributed by atoms with E-state index in [0.717, 1.165) is 88.0 Å². The molecule has 0 unspecified atom stereocenters. The third-order valence-corrected chi connectivity index (χ3v) is 7.37. The number of guanidine groups is 1. The zero-order valence-corrected chi connectivity index (χ0v) is 18.8. The quantitative estimate of drug-likeness (QED) is 0.555. The number of rotatable bonds is 5. The molecule has 1 saturated heterocycles. The molecule has 0 aromatic heterocycles. The molecule has 0 bridgehead atoms. The van der Waals surface area contributed by atoms with Crippen molar-refractivity contribution in [2.45, 2.75) is 44.6 Å². The number of nitrogens with zero attached hydrogens (tertiary/aromatic N) is 2. The van der Waals surface area contributed by atoms with Crippen LogP contribution in [0.2, 0.25) is 0 Å². The summed E-state index contributed by atoms with van der Waals surface area (Å²) in [4.78, 5) is 19.2. The van der Waals surface area contributed by atoms with Gasteiger partial charge in [0.05, 0.1) is 6.61 Å². The number of carbonyl (C=O) groups is 1. The van der Waals surface area contributed by atoms with Crippen LogP contribution < -0.4 is 15.4 Å². The second-order valence-corrected chi connectivity index (χ2v) is 9.64. The fourth-order valence-corrected chi connectivity index (χ4v) is 5.54. The molecule has 7 heteroatoms. The fraction of sp³-hybridized carbons (Fsp3) is 0.652. The average Bonchev–Trinajstić information content (AvgIpc) is 3.27. The van der Waals surface area contributed by atoms with Crippen molar-refractivity contribution in [2.24, 2.45) is 10.9 Å². The van der Waals surface area contributed by atoms with Crippen LogP contribution in [0, 0.1) is 5.92 Å². The van der Waals surface area contributed by atoms with Crippen LogP contribution in [-0.2, 0) is 17.6 Å². The fourth-order valence-electron chi connectivity index (χ4n) is 4.64. The van der Waals surface area contributed by atoms with Crippen molar-refractivity contribution < 1.29 is 9.53 Å². The third-order valence-electron chi connectivity index (χ3n) is 6.42. The Labute approximate surface area is 184 Å². The number of thioether (sulfide) groups is 1. The lowest BCUT2D eigenvalue weighted by Crippen LogP contribution is -2.47. The number of carbonyl (C=O) groups excluding carboxylic acids is 1. The van der Waals surface area contributed by atoms with Crippen molar-refractivity contribution in [3.63, 3.8) is 0 Å². The summed E-state index contributed by atoms with van der Waals surface area (Å²) in [5.74, 6) is 4.67. The standard InChI is InChI=1S/C23H34N4O2S/c1-24-23(25-10-8-17-2-7-21-19(16-17)9-13-29-21)26-20-5-3-18(4-6-20)22(28)27-11-14-30-15-12-27/h2,7,16,18,20H,3-6,8-15H2,1H3,(H2,24,25,26).